The minimum atomic E-state index is -0.533. The van der Waals surface area contributed by atoms with Crippen molar-refractivity contribution in [3.05, 3.63) is 0 Å². The third kappa shape index (κ3) is 12.3. The summed E-state index contributed by atoms with van der Waals surface area (Å²) in [6.45, 7) is 12.5. The summed E-state index contributed by atoms with van der Waals surface area (Å²) in [5.41, 5.74) is -0.171. The van der Waals surface area contributed by atoms with Gasteiger partial charge in [-0.25, -0.2) is 0 Å². The molecule has 0 aromatic carbocycles. The van der Waals surface area contributed by atoms with E-state index in [0.717, 1.165) is 24.6 Å². The molecular formula is C11H25NOS. The van der Waals surface area contributed by atoms with Gasteiger partial charge < -0.3 is 10.4 Å². The van der Waals surface area contributed by atoms with E-state index in [9.17, 15) is 5.11 Å². The zero-order valence-electron chi connectivity index (χ0n) is 10.2. The molecule has 0 fully saturated rings. The van der Waals surface area contributed by atoms with Crippen molar-refractivity contribution < 1.29 is 5.11 Å². The topological polar surface area (TPSA) is 32.3 Å². The molecule has 0 spiro atoms. The highest BCUT2D eigenvalue weighted by Crippen LogP contribution is 2.12. The van der Waals surface area contributed by atoms with Gasteiger partial charge in [0, 0.05) is 24.6 Å². The van der Waals surface area contributed by atoms with Crippen molar-refractivity contribution in [3.63, 3.8) is 0 Å². The van der Waals surface area contributed by atoms with Crippen LogP contribution < -0.4 is 5.32 Å². The Hall–Kier alpha value is 0.270. The molecule has 0 aliphatic rings. The summed E-state index contributed by atoms with van der Waals surface area (Å²) >= 11 is 1.80. The van der Waals surface area contributed by atoms with Crippen LogP contribution in [0.15, 0.2) is 0 Å². The molecule has 3 heteroatoms. The molecule has 2 N–H and O–H groups in total. The SMILES string of the molecule is CC(C)(C)CNCCSCC(C)(C)O. The maximum Gasteiger partial charge on any atom is 0.0681 e. The Morgan fingerprint density at radius 3 is 2.14 bits per heavy atom. The first-order valence-corrected chi connectivity index (χ1v) is 6.37. The summed E-state index contributed by atoms with van der Waals surface area (Å²) in [6.07, 6.45) is 0. The van der Waals surface area contributed by atoms with Gasteiger partial charge in [0.2, 0.25) is 0 Å². The van der Waals surface area contributed by atoms with Gasteiger partial charge in [0.05, 0.1) is 5.60 Å². The highest BCUT2D eigenvalue weighted by Gasteiger charge is 2.12. The molecule has 0 atom stereocenters. The van der Waals surface area contributed by atoms with Crippen molar-refractivity contribution >= 4 is 11.8 Å². The minimum absolute atomic E-state index is 0.362. The predicted octanol–water partition coefficient (Wildman–Crippen LogP) is 2.13. The van der Waals surface area contributed by atoms with Gasteiger partial charge in [-0.15, -0.1) is 0 Å². The first-order valence-electron chi connectivity index (χ1n) is 5.22. The van der Waals surface area contributed by atoms with E-state index in [4.69, 9.17) is 0 Å². The molecule has 0 aliphatic carbocycles. The molecule has 0 bridgehead atoms. The molecular weight excluding hydrogens is 194 g/mol. The third-order valence-corrected chi connectivity index (χ3v) is 2.94. The zero-order chi connectivity index (χ0) is 11.2. The highest BCUT2D eigenvalue weighted by molar-refractivity contribution is 7.99. The lowest BCUT2D eigenvalue weighted by Gasteiger charge is -2.19. The van der Waals surface area contributed by atoms with Gasteiger partial charge >= 0.3 is 0 Å². The summed E-state index contributed by atoms with van der Waals surface area (Å²) in [4.78, 5) is 0. The first kappa shape index (κ1) is 14.3. The van der Waals surface area contributed by atoms with E-state index in [0.29, 0.717) is 5.41 Å². The van der Waals surface area contributed by atoms with Crippen LogP contribution in [0.5, 0.6) is 0 Å². The molecule has 0 aromatic heterocycles. The average Bonchev–Trinajstić information content (AvgIpc) is 1.92. The number of thioether (sulfide) groups is 1. The number of rotatable bonds is 6. The molecule has 14 heavy (non-hydrogen) atoms. The van der Waals surface area contributed by atoms with Gasteiger partial charge in [-0.2, -0.15) is 11.8 Å². The van der Waals surface area contributed by atoms with Crippen LogP contribution in [-0.2, 0) is 0 Å². The zero-order valence-corrected chi connectivity index (χ0v) is 11.0. The smallest absolute Gasteiger partial charge is 0.0681 e. The van der Waals surface area contributed by atoms with Crippen molar-refractivity contribution in [1.29, 1.82) is 0 Å². The van der Waals surface area contributed by atoms with Crippen molar-refractivity contribution in [2.45, 2.75) is 40.2 Å². The summed E-state index contributed by atoms with van der Waals surface area (Å²) in [5.74, 6) is 1.88. The highest BCUT2D eigenvalue weighted by atomic mass is 32.2. The number of aliphatic hydroxyl groups is 1. The van der Waals surface area contributed by atoms with E-state index in [1.54, 1.807) is 11.8 Å². The van der Waals surface area contributed by atoms with Crippen LogP contribution in [-0.4, -0.2) is 35.3 Å². The van der Waals surface area contributed by atoms with Gasteiger partial charge in [-0.3, -0.25) is 0 Å². The molecule has 0 rings (SSSR count). The Kier molecular flexibility index (Phi) is 6.10. The standard InChI is InChI=1S/C11H25NOS/c1-10(2,3)8-12-6-7-14-9-11(4,5)13/h12-13H,6-9H2,1-5H3. The molecule has 0 saturated carbocycles. The maximum absolute atomic E-state index is 9.46. The Bertz CT molecular complexity index is 128. The quantitative estimate of drug-likeness (QED) is 0.671. The van der Waals surface area contributed by atoms with Crippen LogP contribution in [0, 0.1) is 5.41 Å². The summed E-state index contributed by atoms with van der Waals surface area (Å²) in [5, 5.41) is 12.9. The second kappa shape index (κ2) is 5.99. The normalized spacial score (nSPS) is 13.3. The Balaban J connectivity index is 3.23. The molecule has 0 heterocycles. The summed E-state index contributed by atoms with van der Waals surface area (Å²) in [6, 6.07) is 0. The molecule has 2 nitrogen and oxygen atoms in total. The Labute approximate surface area is 92.9 Å². The van der Waals surface area contributed by atoms with Crippen LogP contribution in [0.4, 0.5) is 0 Å². The van der Waals surface area contributed by atoms with Crippen molar-refractivity contribution in [2.24, 2.45) is 5.41 Å². The number of hydrogen-bond donors (Lipinski definition) is 2. The largest absolute Gasteiger partial charge is 0.390 e. The fraction of sp³-hybridized carbons (Fsp3) is 1.00. The number of hydrogen-bond acceptors (Lipinski definition) is 3. The predicted molar refractivity (Wildman–Crippen MR) is 65.9 cm³/mol. The van der Waals surface area contributed by atoms with Crippen LogP contribution in [0.3, 0.4) is 0 Å². The fourth-order valence-electron chi connectivity index (χ4n) is 0.930. The lowest BCUT2D eigenvalue weighted by Crippen LogP contribution is -2.29. The molecule has 0 aromatic rings. The molecule has 0 radical (unpaired) electrons. The first-order chi connectivity index (χ1) is 6.21. The van der Waals surface area contributed by atoms with Crippen LogP contribution in [0.25, 0.3) is 0 Å². The van der Waals surface area contributed by atoms with Gasteiger partial charge in [-0.05, 0) is 19.3 Å². The van der Waals surface area contributed by atoms with Crippen molar-refractivity contribution in [2.75, 3.05) is 24.6 Å². The molecule has 0 aliphatic heterocycles. The van der Waals surface area contributed by atoms with Gasteiger partial charge in [0.1, 0.15) is 0 Å². The van der Waals surface area contributed by atoms with E-state index >= 15 is 0 Å². The Morgan fingerprint density at radius 1 is 1.14 bits per heavy atom. The van der Waals surface area contributed by atoms with E-state index < -0.39 is 5.60 Å². The van der Waals surface area contributed by atoms with E-state index in [1.165, 1.54) is 0 Å². The van der Waals surface area contributed by atoms with Crippen molar-refractivity contribution in [1.82, 2.24) is 5.32 Å². The van der Waals surface area contributed by atoms with Gasteiger partial charge in [0.25, 0.3) is 0 Å². The van der Waals surface area contributed by atoms with Crippen LogP contribution in [0.1, 0.15) is 34.6 Å². The Morgan fingerprint density at radius 2 is 1.71 bits per heavy atom. The lowest BCUT2D eigenvalue weighted by atomic mass is 9.97. The fourth-order valence-corrected chi connectivity index (χ4v) is 1.86. The minimum Gasteiger partial charge on any atom is -0.390 e. The van der Waals surface area contributed by atoms with Crippen molar-refractivity contribution in [3.8, 4) is 0 Å². The third-order valence-electron chi connectivity index (χ3n) is 1.53. The molecule has 0 saturated heterocycles. The summed E-state index contributed by atoms with van der Waals surface area (Å²) in [7, 11) is 0. The second-order valence-electron chi connectivity index (χ2n) is 5.60. The second-order valence-corrected chi connectivity index (χ2v) is 6.71. The lowest BCUT2D eigenvalue weighted by molar-refractivity contribution is 0.107. The van der Waals surface area contributed by atoms with Crippen LogP contribution in [0.2, 0.25) is 0 Å². The molecule has 86 valence electrons. The summed E-state index contributed by atoms with van der Waals surface area (Å²) < 4.78 is 0. The number of nitrogens with one attached hydrogen (secondary N) is 1. The molecule has 0 unspecified atom stereocenters. The van der Waals surface area contributed by atoms with E-state index in [-0.39, 0.29) is 0 Å². The average molecular weight is 219 g/mol. The maximum atomic E-state index is 9.46. The molecule has 0 amide bonds. The van der Waals surface area contributed by atoms with E-state index in [1.807, 2.05) is 13.8 Å². The van der Waals surface area contributed by atoms with E-state index in [2.05, 4.69) is 26.1 Å². The van der Waals surface area contributed by atoms with Gasteiger partial charge in [-0.1, -0.05) is 20.8 Å². The van der Waals surface area contributed by atoms with Gasteiger partial charge in [0.15, 0.2) is 0 Å². The monoisotopic (exact) mass is 219 g/mol. The van der Waals surface area contributed by atoms with Crippen LogP contribution >= 0.6 is 11.8 Å².